The number of halogens is 1. The van der Waals surface area contributed by atoms with Gasteiger partial charge in [0.05, 0.1) is 0 Å². The third-order valence-corrected chi connectivity index (χ3v) is 2.80. The molecule has 0 aliphatic heterocycles. The Balaban J connectivity index is 1.90. The second-order valence-electron chi connectivity index (χ2n) is 3.57. The standard InChI is InChI=1S/C11H14BrN3/c12-10-7-4-8-11(13-10)15-14-9-5-2-1-3-6-9/h4-5,7-8,14H,1-3,6H2,(H,13,15). The van der Waals surface area contributed by atoms with Crippen LogP contribution >= 0.6 is 15.9 Å². The summed E-state index contributed by atoms with van der Waals surface area (Å²) in [5.41, 5.74) is 7.56. The van der Waals surface area contributed by atoms with E-state index in [2.05, 4.69) is 37.8 Å². The average molecular weight is 268 g/mol. The van der Waals surface area contributed by atoms with E-state index in [9.17, 15) is 0 Å². The fourth-order valence-electron chi connectivity index (χ4n) is 1.57. The van der Waals surface area contributed by atoms with Gasteiger partial charge in [0, 0.05) is 5.70 Å². The van der Waals surface area contributed by atoms with Crippen LogP contribution in [-0.4, -0.2) is 4.98 Å². The molecule has 0 spiro atoms. The summed E-state index contributed by atoms with van der Waals surface area (Å²) in [6.45, 7) is 0. The number of hydrazine groups is 1. The van der Waals surface area contributed by atoms with Gasteiger partial charge in [-0.15, -0.1) is 0 Å². The molecule has 15 heavy (non-hydrogen) atoms. The van der Waals surface area contributed by atoms with Gasteiger partial charge in [0.25, 0.3) is 0 Å². The van der Waals surface area contributed by atoms with Gasteiger partial charge in [-0.25, -0.2) is 4.98 Å². The molecule has 1 heterocycles. The van der Waals surface area contributed by atoms with Crippen LogP contribution in [0, 0.1) is 0 Å². The molecule has 0 bridgehead atoms. The van der Waals surface area contributed by atoms with Gasteiger partial charge in [-0.2, -0.15) is 0 Å². The van der Waals surface area contributed by atoms with Crippen LogP contribution in [0.15, 0.2) is 34.6 Å². The number of nitrogens with zero attached hydrogens (tertiary/aromatic N) is 1. The van der Waals surface area contributed by atoms with E-state index in [1.165, 1.54) is 25.0 Å². The van der Waals surface area contributed by atoms with Gasteiger partial charge in [0.2, 0.25) is 0 Å². The van der Waals surface area contributed by atoms with Crippen LogP contribution in [0.3, 0.4) is 0 Å². The average Bonchev–Trinajstić information content (AvgIpc) is 2.28. The van der Waals surface area contributed by atoms with E-state index in [1.54, 1.807) is 0 Å². The van der Waals surface area contributed by atoms with E-state index in [1.807, 2.05) is 18.2 Å². The number of hydrogen-bond donors (Lipinski definition) is 2. The number of hydrogen-bond acceptors (Lipinski definition) is 3. The van der Waals surface area contributed by atoms with Crippen molar-refractivity contribution in [2.24, 2.45) is 0 Å². The lowest BCUT2D eigenvalue weighted by Gasteiger charge is -2.15. The first-order chi connectivity index (χ1) is 7.34. The van der Waals surface area contributed by atoms with E-state index >= 15 is 0 Å². The molecule has 0 radical (unpaired) electrons. The Kier molecular flexibility index (Phi) is 3.61. The van der Waals surface area contributed by atoms with Crippen LogP contribution in [-0.2, 0) is 0 Å². The Morgan fingerprint density at radius 3 is 2.87 bits per heavy atom. The minimum atomic E-state index is 0.829. The summed E-state index contributed by atoms with van der Waals surface area (Å²) in [4.78, 5) is 4.27. The van der Waals surface area contributed by atoms with Gasteiger partial charge in [0.1, 0.15) is 10.4 Å². The highest BCUT2D eigenvalue weighted by atomic mass is 79.9. The van der Waals surface area contributed by atoms with Crippen molar-refractivity contribution in [1.29, 1.82) is 0 Å². The highest BCUT2D eigenvalue weighted by Crippen LogP contribution is 2.15. The molecule has 1 aliphatic rings. The maximum atomic E-state index is 4.27. The third-order valence-electron chi connectivity index (χ3n) is 2.36. The molecule has 1 aliphatic carbocycles. The van der Waals surface area contributed by atoms with Crippen molar-refractivity contribution in [3.8, 4) is 0 Å². The molecule has 0 unspecified atom stereocenters. The fraction of sp³-hybridized carbons (Fsp3) is 0.364. The fourth-order valence-corrected chi connectivity index (χ4v) is 1.92. The van der Waals surface area contributed by atoms with E-state index in [0.717, 1.165) is 16.8 Å². The lowest BCUT2D eigenvalue weighted by molar-refractivity contribution is 0.663. The quantitative estimate of drug-likeness (QED) is 0.652. The third kappa shape index (κ3) is 3.23. The molecular formula is C11H14BrN3. The number of pyridine rings is 1. The van der Waals surface area contributed by atoms with E-state index in [4.69, 9.17) is 0 Å². The summed E-state index contributed by atoms with van der Waals surface area (Å²) in [6, 6.07) is 5.79. The predicted octanol–water partition coefficient (Wildman–Crippen LogP) is 3.22. The highest BCUT2D eigenvalue weighted by molar-refractivity contribution is 9.10. The van der Waals surface area contributed by atoms with Crippen molar-refractivity contribution in [3.63, 3.8) is 0 Å². The largest absolute Gasteiger partial charge is 0.304 e. The lowest BCUT2D eigenvalue weighted by atomic mass is 10.1. The van der Waals surface area contributed by atoms with E-state index < -0.39 is 0 Å². The molecular weight excluding hydrogens is 254 g/mol. The Labute approximate surface area is 98.1 Å². The maximum Gasteiger partial charge on any atom is 0.145 e. The van der Waals surface area contributed by atoms with Crippen LogP contribution < -0.4 is 10.9 Å². The first kappa shape index (κ1) is 10.5. The Hall–Kier alpha value is -1.03. The van der Waals surface area contributed by atoms with Gasteiger partial charge in [-0.3, -0.25) is 5.43 Å². The molecule has 2 N–H and O–H groups in total. The SMILES string of the molecule is Brc1cccc(NNC2=CCCCC2)n1. The van der Waals surface area contributed by atoms with Gasteiger partial charge < -0.3 is 5.43 Å². The number of anilines is 1. The van der Waals surface area contributed by atoms with Crippen molar-refractivity contribution in [2.45, 2.75) is 25.7 Å². The van der Waals surface area contributed by atoms with Crippen molar-refractivity contribution < 1.29 is 0 Å². The molecule has 1 aromatic rings. The molecule has 1 aromatic heterocycles. The monoisotopic (exact) mass is 267 g/mol. The zero-order valence-corrected chi connectivity index (χ0v) is 10.0. The number of rotatable bonds is 3. The summed E-state index contributed by atoms with van der Waals surface area (Å²) in [7, 11) is 0. The summed E-state index contributed by atoms with van der Waals surface area (Å²) >= 11 is 3.33. The van der Waals surface area contributed by atoms with Crippen LogP contribution in [0.2, 0.25) is 0 Å². The molecule has 0 saturated carbocycles. The summed E-state index contributed by atoms with van der Waals surface area (Å²) in [5.74, 6) is 0.829. The van der Waals surface area contributed by atoms with Crippen molar-refractivity contribution >= 4 is 21.7 Å². The summed E-state index contributed by atoms with van der Waals surface area (Å²) in [5, 5.41) is 0. The Morgan fingerprint density at radius 2 is 2.13 bits per heavy atom. The highest BCUT2D eigenvalue weighted by Gasteiger charge is 2.02. The summed E-state index contributed by atoms with van der Waals surface area (Å²) < 4.78 is 0.840. The van der Waals surface area contributed by atoms with E-state index in [-0.39, 0.29) is 0 Å². The molecule has 0 aromatic carbocycles. The molecule has 2 rings (SSSR count). The molecule has 4 heteroatoms. The second kappa shape index (κ2) is 5.16. The maximum absolute atomic E-state index is 4.27. The summed E-state index contributed by atoms with van der Waals surface area (Å²) in [6.07, 6.45) is 7.12. The topological polar surface area (TPSA) is 37.0 Å². The molecule has 0 atom stereocenters. The number of nitrogens with one attached hydrogen (secondary N) is 2. The number of allylic oxidation sites excluding steroid dienone is 2. The zero-order chi connectivity index (χ0) is 10.5. The minimum absolute atomic E-state index is 0.829. The van der Waals surface area contributed by atoms with Crippen LogP contribution in [0.25, 0.3) is 0 Å². The Bertz CT molecular complexity index is 363. The lowest BCUT2D eigenvalue weighted by Crippen LogP contribution is -2.22. The zero-order valence-electron chi connectivity index (χ0n) is 8.46. The van der Waals surface area contributed by atoms with Crippen LogP contribution in [0.4, 0.5) is 5.82 Å². The van der Waals surface area contributed by atoms with Crippen molar-refractivity contribution in [2.75, 3.05) is 5.43 Å². The van der Waals surface area contributed by atoms with E-state index in [0.29, 0.717) is 0 Å². The molecule has 80 valence electrons. The molecule has 0 saturated heterocycles. The molecule has 0 fully saturated rings. The van der Waals surface area contributed by atoms with Crippen LogP contribution in [0.5, 0.6) is 0 Å². The number of aromatic nitrogens is 1. The minimum Gasteiger partial charge on any atom is -0.304 e. The van der Waals surface area contributed by atoms with Gasteiger partial charge in [-0.05, 0) is 53.7 Å². The van der Waals surface area contributed by atoms with Crippen molar-refractivity contribution in [1.82, 2.24) is 10.4 Å². The Morgan fingerprint density at radius 1 is 1.20 bits per heavy atom. The first-order valence-corrected chi connectivity index (χ1v) is 5.97. The normalized spacial score (nSPS) is 15.7. The van der Waals surface area contributed by atoms with Gasteiger partial charge in [0.15, 0.2) is 0 Å². The van der Waals surface area contributed by atoms with Gasteiger partial charge in [-0.1, -0.05) is 12.1 Å². The second-order valence-corrected chi connectivity index (χ2v) is 4.38. The smallest absolute Gasteiger partial charge is 0.145 e. The van der Waals surface area contributed by atoms with Gasteiger partial charge >= 0.3 is 0 Å². The first-order valence-electron chi connectivity index (χ1n) is 5.18. The molecule has 0 amide bonds. The van der Waals surface area contributed by atoms with Crippen LogP contribution in [0.1, 0.15) is 25.7 Å². The van der Waals surface area contributed by atoms with Crippen molar-refractivity contribution in [3.05, 3.63) is 34.6 Å². The molecule has 3 nitrogen and oxygen atoms in total. The predicted molar refractivity (Wildman–Crippen MR) is 65.2 cm³/mol.